The number of ether oxygens (including phenoxy) is 1. The quantitative estimate of drug-likeness (QED) is 0.723. The molecule has 1 heterocycles. The molecule has 86 valence electrons. The van der Waals surface area contributed by atoms with Crippen molar-refractivity contribution in [3.8, 4) is 0 Å². The van der Waals surface area contributed by atoms with E-state index >= 15 is 0 Å². The molecule has 2 unspecified atom stereocenters. The van der Waals surface area contributed by atoms with Crippen LogP contribution in [0.1, 0.15) is 29.7 Å². The molecule has 0 amide bonds. The zero-order chi connectivity index (χ0) is 11.7. The van der Waals surface area contributed by atoms with E-state index in [0.29, 0.717) is 12.2 Å². The summed E-state index contributed by atoms with van der Waals surface area (Å²) in [4.78, 5) is 0. The largest absolute Gasteiger partial charge is 0.365 e. The van der Waals surface area contributed by atoms with E-state index in [1.807, 2.05) is 0 Å². The normalized spacial score (nSPS) is 22.4. The molecule has 1 aliphatic rings. The maximum atomic E-state index is 5.46. The summed E-state index contributed by atoms with van der Waals surface area (Å²) in [7, 11) is 0. The molecule has 1 saturated heterocycles. The first-order valence-electron chi connectivity index (χ1n) is 6.11. The molecule has 0 aromatic heterocycles. The van der Waals surface area contributed by atoms with E-state index in [4.69, 9.17) is 4.74 Å². The number of epoxide rings is 1. The molecular weight excluding hydrogens is 208 g/mol. The Kier molecular flexibility index (Phi) is 2.69. The van der Waals surface area contributed by atoms with Gasteiger partial charge in [0.15, 0.2) is 0 Å². The van der Waals surface area contributed by atoms with Gasteiger partial charge >= 0.3 is 0 Å². The lowest BCUT2D eigenvalue weighted by Gasteiger charge is -2.03. The fourth-order valence-electron chi connectivity index (χ4n) is 2.19. The highest BCUT2D eigenvalue weighted by atomic mass is 16.6. The van der Waals surface area contributed by atoms with Gasteiger partial charge in [-0.1, -0.05) is 54.6 Å². The van der Waals surface area contributed by atoms with Crippen molar-refractivity contribution in [1.29, 1.82) is 0 Å². The van der Waals surface area contributed by atoms with Crippen LogP contribution in [0.4, 0.5) is 0 Å². The Morgan fingerprint density at radius 1 is 0.882 bits per heavy atom. The minimum absolute atomic E-state index is 0.334. The van der Waals surface area contributed by atoms with Crippen LogP contribution in [0.5, 0.6) is 0 Å². The Balaban J connectivity index is 1.72. The van der Waals surface area contributed by atoms with Gasteiger partial charge in [-0.05, 0) is 30.0 Å². The first-order chi connectivity index (χ1) is 8.33. The Morgan fingerprint density at radius 3 is 2.06 bits per heavy atom. The summed E-state index contributed by atoms with van der Waals surface area (Å²) in [5, 5.41) is 0. The van der Waals surface area contributed by atoms with Gasteiger partial charge in [0.05, 0.1) is 6.10 Å². The third-order valence-corrected chi connectivity index (χ3v) is 3.27. The van der Waals surface area contributed by atoms with Gasteiger partial charge in [0, 0.05) is 0 Å². The van der Waals surface area contributed by atoms with E-state index in [-0.39, 0.29) is 0 Å². The SMILES string of the molecule is CC1OC1c1ccc(Cc2ccccc2)cc1. The van der Waals surface area contributed by atoms with Crippen LogP contribution < -0.4 is 0 Å². The van der Waals surface area contributed by atoms with Crippen LogP contribution in [0.15, 0.2) is 54.6 Å². The van der Waals surface area contributed by atoms with Crippen molar-refractivity contribution in [3.05, 3.63) is 71.3 Å². The molecule has 0 bridgehead atoms. The average Bonchev–Trinajstić information content (AvgIpc) is 3.09. The summed E-state index contributed by atoms with van der Waals surface area (Å²) in [6.07, 6.45) is 1.73. The monoisotopic (exact) mass is 224 g/mol. The minimum atomic E-state index is 0.334. The van der Waals surface area contributed by atoms with Crippen molar-refractivity contribution < 1.29 is 4.74 Å². The molecule has 2 aromatic carbocycles. The predicted molar refractivity (Wildman–Crippen MR) is 69.0 cm³/mol. The average molecular weight is 224 g/mol. The van der Waals surface area contributed by atoms with Crippen LogP contribution in [0.2, 0.25) is 0 Å². The van der Waals surface area contributed by atoms with Crippen molar-refractivity contribution >= 4 is 0 Å². The van der Waals surface area contributed by atoms with Crippen LogP contribution in [-0.4, -0.2) is 6.10 Å². The van der Waals surface area contributed by atoms with Gasteiger partial charge in [-0.15, -0.1) is 0 Å². The molecule has 0 spiro atoms. The second-order valence-corrected chi connectivity index (χ2v) is 4.67. The van der Waals surface area contributed by atoms with Gasteiger partial charge in [0.2, 0.25) is 0 Å². The molecule has 1 fully saturated rings. The molecule has 2 atom stereocenters. The molecule has 17 heavy (non-hydrogen) atoms. The Labute approximate surface area is 102 Å². The van der Waals surface area contributed by atoms with Crippen molar-refractivity contribution in [2.75, 3.05) is 0 Å². The fraction of sp³-hybridized carbons (Fsp3) is 0.250. The van der Waals surface area contributed by atoms with Crippen LogP contribution in [0, 0.1) is 0 Å². The Morgan fingerprint density at radius 2 is 1.47 bits per heavy atom. The lowest BCUT2D eigenvalue weighted by Crippen LogP contribution is -1.89. The van der Waals surface area contributed by atoms with Gasteiger partial charge in [0.1, 0.15) is 6.10 Å². The summed E-state index contributed by atoms with van der Waals surface area (Å²) in [5.74, 6) is 0. The van der Waals surface area contributed by atoms with E-state index in [1.54, 1.807) is 0 Å². The van der Waals surface area contributed by atoms with Crippen molar-refractivity contribution in [1.82, 2.24) is 0 Å². The maximum absolute atomic E-state index is 5.46. The number of rotatable bonds is 3. The van der Waals surface area contributed by atoms with Crippen molar-refractivity contribution in [2.24, 2.45) is 0 Å². The van der Waals surface area contributed by atoms with E-state index in [2.05, 4.69) is 61.5 Å². The third kappa shape index (κ3) is 2.40. The highest BCUT2D eigenvalue weighted by molar-refractivity contribution is 5.31. The number of hydrogen-bond donors (Lipinski definition) is 0. The number of hydrogen-bond acceptors (Lipinski definition) is 1. The van der Waals surface area contributed by atoms with Crippen LogP contribution in [-0.2, 0) is 11.2 Å². The van der Waals surface area contributed by atoms with Gasteiger partial charge in [-0.2, -0.15) is 0 Å². The second-order valence-electron chi connectivity index (χ2n) is 4.67. The summed E-state index contributed by atoms with van der Waals surface area (Å²) in [6.45, 7) is 2.11. The molecule has 0 aliphatic carbocycles. The van der Waals surface area contributed by atoms with Crippen LogP contribution in [0.3, 0.4) is 0 Å². The maximum Gasteiger partial charge on any atom is 0.109 e. The zero-order valence-corrected chi connectivity index (χ0v) is 9.97. The second kappa shape index (κ2) is 4.34. The van der Waals surface area contributed by atoms with Gasteiger partial charge in [-0.25, -0.2) is 0 Å². The molecule has 1 heteroatoms. The topological polar surface area (TPSA) is 12.5 Å². The molecular formula is C16H16O. The molecule has 0 radical (unpaired) electrons. The van der Waals surface area contributed by atoms with E-state index in [9.17, 15) is 0 Å². The predicted octanol–water partition coefficient (Wildman–Crippen LogP) is 3.74. The summed E-state index contributed by atoms with van der Waals surface area (Å²) >= 11 is 0. The van der Waals surface area contributed by atoms with Gasteiger partial charge in [0.25, 0.3) is 0 Å². The molecule has 2 aromatic rings. The van der Waals surface area contributed by atoms with Gasteiger partial charge in [-0.3, -0.25) is 0 Å². The fourth-order valence-corrected chi connectivity index (χ4v) is 2.19. The standard InChI is InChI=1S/C16H16O/c1-12-16(17-12)15-9-7-14(8-10-15)11-13-5-3-2-4-6-13/h2-10,12,16H,11H2,1H3. The van der Waals surface area contributed by atoms with E-state index < -0.39 is 0 Å². The molecule has 3 rings (SSSR count). The smallest absolute Gasteiger partial charge is 0.109 e. The first-order valence-corrected chi connectivity index (χ1v) is 6.11. The molecule has 0 N–H and O–H groups in total. The Bertz CT molecular complexity index is 487. The van der Waals surface area contributed by atoms with Gasteiger partial charge < -0.3 is 4.74 Å². The number of benzene rings is 2. The molecule has 1 aliphatic heterocycles. The van der Waals surface area contributed by atoms with E-state index in [0.717, 1.165) is 6.42 Å². The minimum Gasteiger partial charge on any atom is -0.365 e. The summed E-state index contributed by atoms with van der Waals surface area (Å²) in [5.41, 5.74) is 4.01. The first kappa shape index (κ1) is 10.5. The third-order valence-electron chi connectivity index (χ3n) is 3.27. The molecule has 1 nitrogen and oxygen atoms in total. The lowest BCUT2D eigenvalue weighted by atomic mass is 10.0. The highest BCUT2D eigenvalue weighted by Gasteiger charge is 2.35. The van der Waals surface area contributed by atoms with Crippen LogP contribution in [0.25, 0.3) is 0 Å². The zero-order valence-electron chi connectivity index (χ0n) is 9.97. The summed E-state index contributed by atoms with van der Waals surface area (Å²) < 4.78 is 5.46. The lowest BCUT2D eigenvalue weighted by molar-refractivity contribution is 0.383. The summed E-state index contributed by atoms with van der Waals surface area (Å²) in [6, 6.07) is 19.3. The van der Waals surface area contributed by atoms with Crippen molar-refractivity contribution in [2.45, 2.75) is 25.6 Å². The van der Waals surface area contributed by atoms with Crippen molar-refractivity contribution in [3.63, 3.8) is 0 Å². The van der Waals surface area contributed by atoms with E-state index in [1.165, 1.54) is 16.7 Å². The Hall–Kier alpha value is -1.60. The molecule has 0 saturated carbocycles. The highest BCUT2D eigenvalue weighted by Crippen LogP contribution is 2.37. The van der Waals surface area contributed by atoms with Crippen LogP contribution >= 0.6 is 0 Å².